The quantitative estimate of drug-likeness (QED) is 0.616. The van der Waals surface area contributed by atoms with Gasteiger partial charge in [-0.3, -0.25) is 0 Å². The Bertz CT molecular complexity index is 173. The minimum absolute atomic E-state index is 1.31. The highest BCUT2D eigenvalue weighted by Crippen LogP contribution is 2.38. The van der Waals surface area contributed by atoms with Gasteiger partial charge in [0, 0.05) is 12.4 Å². The van der Waals surface area contributed by atoms with Gasteiger partial charge in [0.25, 0.3) is 0 Å². The maximum atomic E-state index is 11.9. The van der Waals surface area contributed by atoms with Gasteiger partial charge >= 0.3 is 12.1 Å². The summed E-state index contributed by atoms with van der Waals surface area (Å²) in [6, 6.07) is 0. The third-order valence-electron chi connectivity index (χ3n) is 1.06. The second kappa shape index (κ2) is 3.24. The first-order valence-electron chi connectivity index (χ1n) is 2.81. The predicted octanol–water partition coefficient (Wildman–Crippen LogP) is 0.714. The molecule has 0 unspecified atom stereocenters. The molecule has 0 radical (unpaired) electrons. The molecule has 0 saturated heterocycles. The molecular weight excluding hydrogens is 187 g/mol. The lowest BCUT2D eigenvalue weighted by Gasteiger charge is -2.19. The molecular formula is C5H4F5O2-. The van der Waals surface area contributed by atoms with Gasteiger partial charge in [-0.2, -0.15) is 22.0 Å². The summed E-state index contributed by atoms with van der Waals surface area (Å²) in [7, 11) is 0. The molecule has 0 fully saturated rings. The molecule has 0 saturated carbocycles. The summed E-state index contributed by atoms with van der Waals surface area (Å²) in [5.41, 5.74) is 0. The Kier molecular flexibility index (Phi) is 3.00. The number of carbonyl (C=O) groups is 1. The van der Waals surface area contributed by atoms with Crippen LogP contribution in [-0.4, -0.2) is 18.1 Å². The van der Waals surface area contributed by atoms with Crippen molar-refractivity contribution in [3.8, 4) is 0 Å². The van der Waals surface area contributed by atoms with Crippen LogP contribution >= 0.6 is 0 Å². The van der Waals surface area contributed by atoms with Gasteiger partial charge in [-0.05, 0) is 6.42 Å². The standard InChI is InChI=1S/C5H5F5O2/c6-4(7,5(8,9)10)2-1-3(11)12/h1-2H2,(H,11,12)/p-1. The Hall–Kier alpha value is -0.880. The van der Waals surface area contributed by atoms with Gasteiger partial charge in [-0.25, -0.2) is 0 Å². The molecule has 72 valence electrons. The topological polar surface area (TPSA) is 40.1 Å². The molecule has 0 amide bonds. The zero-order chi connectivity index (χ0) is 9.99. The van der Waals surface area contributed by atoms with Crippen molar-refractivity contribution in [2.45, 2.75) is 24.9 Å². The monoisotopic (exact) mass is 191 g/mol. The zero-order valence-corrected chi connectivity index (χ0v) is 5.62. The Labute approximate surface area is 64.0 Å². The van der Waals surface area contributed by atoms with E-state index >= 15 is 0 Å². The second-order valence-corrected chi connectivity index (χ2v) is 2.07. The van der Waals surface area contributed by atoms with Crippen LogP contribution in [-0.2, 0) is 4.79 Å². The van der Waals surface area contributed by atoms with E-state index in [2.05, 4.69) is 0 Å². The molecule has 0 spiro atoms. The number of carbonyl (C=O) groups excluding carboxylic acids is 1. The second-order valence-electron chi connectivity index (χ2n) is 2.07. The van der Waals surface area contributed by atoms with E-state index in [4.69, 9.17) is 0 Å². The van der Waals surface area contributed by atoms with E-state index in [0.29, 0.717) is 0 Å². The summed E-state index contributed by atoms with van der Waals surface area (Å²) in [4.78, 5) is 9.56. The van der Waals surface area contributed by atoms with Crippen molar-refractivity contribution < 1.29 is 31.9 Å². The summed E-state index contributed by atoms with van der Waals surface area (Å²) in [5.74, 6) is -6.88. The molecule has 12 heavy (non-hydrogen) atoms. The van der Waals surface area contributed by atoms with Crippen molar-refractivity contribution >= 4 is 5.97 Å². The van der Waals surface area contributed by atoms with Crippen LogP contribution in [0.4, 0.5) is 22.0 Å². The Morgan fingerprint density at radius 3 is 1.83 bits per heavy atom. The van der Waals surface area contributed by atoms with Crippen molar-refractivity contribution in [2.24, 2.45) is 0 Å². The lowest BCUT2D eigenvalue weighted by atomic mass is 10.2. The lowest BCUT2D eigenvalue weighted by molar-refractivity contribution is -0.312. The summed E-state index contributed by atoms with van der Waals surface area (Å²) in [6.45, 7) is 0. The minimum Gasteiger partial charge on any atom is -0.550 e. The van der Waals surface area contributed by atoms with Crippen LogP contribution in [0.1, 0.15) is 12.8 Å². The molecule has 0 aliphatic heterocycles. The average molecular weight is 191 g/mol. The van der Waals surface area contributed by atoms with E-state index in [1.807, 2.05) is 0 Å². The van der Waals surface area contributed by atoms with E-state index in [-0.39, 0.29) is 0 Å². The largest absolute Gasteiger partial charge is 0.550 e. The summed E-state index contributed by atoms with van der Waals surface area (Å²) in [5, 5.41) is 9.56. The number of carboxylic acids is 1. The SMILES string of the molecule is O=C([O-])CCC(F)(F)C(F)(F)F. The van der Waals surface area contributed by atoms with Gasteiger partial charge in [0.05, 0.1) is 0 Å². The van der Waals surface area contributed by atoms with E-state index in [0.717, 1.165) is 0 Å². The van der Waals surface area contributed by atoms with Gasteiger partial charge in [0.15, 0.2) is 0 Å². The van der Waals surface area contributed by atoms with Crippen molar-refractivity contribution in [3.63, 3.8) is 0 Å². The molecule has 0 heterocycles. The highest BCUT2D eigenvalue weighted by Gasteiger charge is 2.56. The summed E-state index contributed by atoms with van der Waals surface area (Å²) < 4.78 is 57.7. The number of aliphatic carboxylic acids is 1. The number of carboxylic acid groups (broad SMARTS) is 1. The van der Waals surface area contributed by atoms with Crippen molar-refractivity contribution in [3.05, 3.63) is 0 Å². The third-order valence-corrected chi connectivity index (χ3v) is 1.06. The van der Waals surface area contributed by atoms with Crippen molar-refractivity contribution in [2.75, 3.05) is 0 Å². The van der Waals surface area contributed by atoms with Crippen LogP contribution in [0.15, 0.2) is 0 Å². The smallest absolute Gasteiger partial charge is 0.453 e. The first-order valence-corrected chi connectivity index (χ1v) is 2.81. The summed E-state index contributed by atoms with van der Waals surface area (Å²) in [6.07, 6.45) is -8.78. The number of rotatable bonds is 3. The number of halogens is 5. The van der Waals surface area contributed by atoms with Crippen LogP contribution in [0, 0.1) is 0 Å². The van der Waals surface area contributed by atoms with Gasteiger partial charge < -0.3 is 9.90 Å². The molecule has 0 bridgehead atoms. The lowest BCUT2D eigenvalue weighted by Crippen LogP contribution is -2.38. The fourth-order valence-corrected chi connectivity index (χ4v) is 0.401. The average Bonchev–Trinajstić information content (AvgIpc) is 1.81. The number of hydrogen-bond acceptors (Lipinski definition) is 2. The summed E-state index contributed by atoms with van der Waals surface area (Å²) >= 11 is 0. The van der Waals surface area contributed by atoms with Crippen molar-refractivity contribution in [1.29, 1.82) is 0 Å². The Morgan fingerprint density at radius 1 is 1.17 bits per heavy atom. The predicted molar refractivity (Wildman–Crippen MR) is 25.2 cm³/mol. The maximum absolute atomic E-state index is 11.9. The Morgan fingerprint density at radius 2 is 1.58 bits per heavy atom. The maximum Gasteiger partial charge on any atom is 0.453 e. The van der Waals surface area contributed by atoms with Gasteiger partial charge in [0.1, 0.15) is 0 Å². The molecule has 0 aliphatic carbocycles. The fraction of sp³-hybridized carbons (Fsp3) is 0.800. The van der Waals surface area contributed by atoms with E-state index in [1.54, 1.807) is 0 Å². The molecule has 0 atom stereocenters. The fourth-order valence-electron chi connectivity index (χ4n) is 0.401. The van der Waals surface area contributed by atoms with Crippen LogP contribution in [0.25, 0.3) is 0 Å². The minimum atomic E-state index is -5.69. The van der Waals surface area contributed by atoms with Crippen LogP contribution in [0.2, 0.25) is 0 Å². The molecule has 2 nitrogen and oxygen atoms in total. The van der Waals surface area contributed by atoms with Crippen LogP contribution in [0.3, 0.4) is 0 Å². The molecule has 0 aliphatic rings. The molecule has 7 heteroatoms. The van der Waals surface area contributed by atoms with Crippen LogP contribution in [0.5, 0.6) is 0 Å². The van der Waals surface area contributed by atoms with Crippen molar-refractivity contribution in [1.82, 2.24) is 0 Å². The van der Waals surface area contributed by atoms with Gasteiger partial charge in [0.2, 0.25) is 0 Å². The first-order chi connectivity index (χ1) is 5.17. The zero-order valence-electron chi connectivity index (χ0n) is 5.62. The Balaban J connectivity index is 4.14. The normalized spacial score (nSPS) is 13.1. The third kappa shape index (κ3) is 3.02. The van der Waals surface area contributed by atoms with Crippen LogP contribution < -0.4 is 5.11 Å². The van der Waals surface area contributed by atoms with Gasteiger partial charge in [-0.1, -0.05) is 0 Å². The molecule has 0 aromatic heterocycles. The molecule has 0 N–H and O–H groups in total. The highest BCUT2D eigenvalue weighted by atomic mass is 19.4. The van der Waals surface area contributed by atoms with E-state index in [9.17, 15) is 31.9 Å². The first kappa shape index (κ1) is 11.1. The number of hydrogen-bond donors (Lipinski definition) is 0. The van der Waals surface area contributed by atoms with Gasteiger partial charge in [-0.15, -0.1) is 0 Å². The van der Waals surface area contributed by atoms with E-state index in [1.165, 1.54) is 0 Å². The van der Waals surface area contributed by atoms with E-state index < -0.39 is 30.9 Å². The number of alkyl halides is 5. The highest BCUT2D eigenvalue weighted by molar-refractivity contribution is 5.64. The molecule has 0 aromatic rings. The molecule has 0 rings (SSSR count). The molecule has 0 aromatic carbocycles.